The third kappa shape index (κ3) is 1.83. The summed E-state index contributed by atoms with van der Waals surface area (Å²) in [6.45, 7) is 5.38. The van der Waals surface area contributed by atoms with Crippen LogP contribution in [0, 0.1) is 12.3 Å². The fraction of sp³-hybridized carbons (Fsp3) is 0.143. The highest BCUT2D eigenvalue weighted by atomic mass is 13.8. The lowest BCUT2D eigenvalue weighted by Gasteiger charge is -1.78. The largest absolute Gasteiger partial charge is 0.115 e. The van der Waals surface area contributed by atoms with Gasteiger partial charge in [-0.3, -0.25) is 0 Å². The molecule has 0 heterocycles. The van der Waals surface area contributed by atoms with Crippen molar-refractivity contribution in [2.45, 2.75) is 6.92 Å². The van der Waals surface area contributed by atoms with Crippen molar-refractivity contribution < 1.29 is 0 Å². The SMILES string of the molecule is C#C/C(C=C)=C\C. The zero-order valence-corrected chi connectivity index (χ0v) is 4.44. The van der Waals surface area contributed by atoms with Crippen LogP contribution in [0.2, 0.25) is 0 Å². The van der Waals surface area contributed by atoms with Crippen LogP contribution in [-0.2, 0) is 0 Å². The first-order valence-corrected chi connectivity index (χ1v) is 2.10. The molecule has 0 aromatic rings. The van der Waals surface area contributed by atoms with Crippen LogP contribution in [0.15, 0.2) is 24.3 Å². The van der Waals surface area contributed by atoms with E-state index in [1.54, 1.807) is 6.08 Å². The molecule has 0 aliphatic rings. The lowest BCUT2D eigenvalue weighted by atomic mass is 10.3. The molecule has 0 N–H and O–H groups in total. The van der Waals surface area contributed by atoms with Gasteiger partial charge in [0.2, 0.25) is 0 Å². The maximum absolute atomic E-state index is 5.00. The van der Waals surface area contributed by atoms with Crippen molar-refractivity contribution in [3.05, 3.63) is 24.3 Å². The van der Waals surface area contributed by atoms with Crippen LogP contribution >= 0.6 is 0 Å². The highest BCUT2D eigenvalue weighted by molar-refractivity contribution is 5.33. The molecule has 7 heavy (non-hydrogen) atoms. The first kappa shape index (κ1) is 6.04. The summed E-state index contributed by atoms with van der Waals surface area (Å²) in [6.07, 6.45) is 8.50. The fourth-order valence-electron chi connectivity index (χ4n) is 0.260. The molecule has 0 nitrogen and oxygen atoms in total. The van der Waals surface area contributed by atoms with E-state index < -0.39 is 0 Å². The zero-order chi connectivity index (χ0) is 5.70. The normalized spacial score (nSPS) is 10.0. The Morgan fingerprint density at radius 3 is 2.43 bits per heavy atom. The number of allylic oxidation sites excluding steroid dienone is 3. The Bertz CT molecular complexity index is 121. The second kappa shape index (κ2) is 3.24. The molecule has 0 aliphatic carbocycles. The average Bonchev–Trinajstić information content (AvgIpc) is 1.72. The minimum Gasteiger partial charge on any atom is -0.115 e. The summed E-state index contributed by atoms with van der Waals surface area (Å²) >= 11 is 0. The van der Waals surface area contributed by atoms with Gasteiger partial charge in [0, 0.05) is 5.57 Å². The summed E-state index contributed by atoms with van der Waals surface area (Å²) in [7, 11) is 0. The molecule has 0 saturated heterocycles. The predicted molar refractivity (Wildman–Crippen MR) is 32.8 cm³/mol. The molecule has 0 spiro atoms. The summed E-state index contributed by atoms with van der Waals surface area (Å²) in [6, 6.07) is 0. The van der Waals surface area contributed by atoms with Crippen LogP contribution in [0.5, 0.6) is 0 Å². The van der Waals surface area contributed by atoms with Crippen molar-refractivity contribution in [1.82, 2.24) is 0 Å². The molecule has 36 valence electrons. The molecule has 0 aromatic carbocycles. The molecule has 0 aliphatic heterocycles. The Morgan fingerprint density at radius 2 is 2.43 bits per heavy atom. The summed E-state index contributed by atoms with van der Waals surface area (Å²) in [5.74, 6) is 2.44. The van der Waals surface area contributed by atoms with Crippen molar-refractivity contribution in [2.24, 2.45) is 0 Å². The molecule has 0 fully saturated rings. The molecular weight excluding hydrogens is 84.1 g/mol. The number of hydrogen-bond acceptors (Lipinski definition) is 0. The van der Waals surface area contributed by atoms with E-state index in [2.05, 4.69) is 12.5 Å². The van der Waals surface area contributed by atoms with Gasteiger partial charge in [0.1, 0.15) is 0 Å². The van der Waals surface area contributed by atoms with Gasteiger partial charge in [-0.2, -0.15) is 0 Å². The van der Waals surface area contributed by atoms with E-state index in [1.807, 2.05) is 13.0 Å². The highest BCUT2D eigenvalue weighted by Gasteiger charge is 1.72. The van der Waals surface area contributed by atoms with Crippen LogP contribution in [0.25, 0.3) is 0 Å². The second-order valence-corrected chi connectivity index (χ2v) is 1.09. The summed E-state index contributed by atoms with van der Waals surface area (Å²) < 4.78 is 0. The average molecular weight is 92.1 g/mol. The van der Waals surface area contributed by atoms with Gasteiger partial charge in [0.25, 0.3) is 0 Å². The topological polar surface area (TPSA) is 0 Å². The standard InChI is InChI=1S/C7H8/c1-4-7(5-2)6-3/h1,5-6H,2H2,3H3/b7-6+. The molecular formula is C7H8. The molecule has 0 unspecified atom stereocenters. The molecule has 0 amide bonds. The van der Waals surface area contributed by atoms with Crippen molar-refractivity contribution >= 4 is 0 Å². The molecule has 0 heteroatoms. The molecule has 0 radical (unpaired) electrons. The first-order chi connectivity index (χ1) is 3.35. The second-order valence-electron chi connectivity index (χ2n) is 1.09. The van der Waals surface area contributed by atoms with Gasteiger partial charge in [0.15, 0.2) is 0 Å². The van der Waals surface area contributed by atoms with Crippen molar-refractivity contribution in [3.8, 4) is 12.3 Å². The van der Waals surface area contributed by atoms with Crippen molar-refractivity contribution in [3.63, 3.8) is 0 Å². The van der Waals surface area contributed by atoms with E-state index in [0.29, 0.717) is 0 Å². The quantitative estimate of drug-likeness (QED) is 0.341. The van der Waals surface area contributed by atoms with Gasteiger partial charge in [-0.15, -0.1) is 6.42 Å². The monoisotopic (exact) mass is 92.1 g/mol. The van der Waals surface area contributed by atoms with Crippen molar-refractivity contribution in [2.75, 3.05) is 0 Å². The Hall–Kier alpha value is -0.960. The maximum atomic E-state index is 5.00. The Balaban J connectivity index is 3.94. The van der Waals surface area contributed by atoms with Gasteiger partial charge in [-0.05, 0) is 6.92 Å². The van der Waals surface area contributed by atoms with E-state index in [4.69, 9.17) is 6.42 Å². The Morgan fingerprint density at radius 1 is 1.86 bits per heavy atom. The minimum absolute atomic E-state index is 0.847. The smallest absolute Gasteiger partial charge is 0.0194 e. The fourth-order valence-corrected chi connectivity index (χ4v) is 0.260. The first-order valence-electron chi connectivity index (χ1n) is 2.10. The van der Waals surface area contributed by atoms with Gasteiger partial charge >= 0.3 is 0 Å². The van der Waals surface area contributed by atoms with Crippen LogP contribution < -0.4 is 0 Å². The number of hydrogen-bond donors (Lipinski definition) is 0. The summed E-state index contributed by atoms with van der Waals surface area (Å²) in [4.78, 5) is 0. The van der Waals surface area contributed by atoms with Crippen LogP contribution in [-0.4, -0.2) is 0 Å². The van der Waals surface area contributed by atoms with Crippen molar-refractivity contribution in [1.29, 1.82) is 0 Å². The predicted octanol–water partition coefficient (Wildman–Crippen LogP) is 1.75. The lowest BCUT2D eigenvalue weighted by Crippen LogP contribution is -1.62. The third-order valence-electron chi connectivity index (χ3n) is 0.698. The van der Waals surface area contributed by atoms with Gasteiger partial charge in [-0.25, -0.2) is 0 Å². The molecule has 0 bridgehead atoms. The third-order valence-corrected chi connectivity index (χ3v) is 0.698. The maximum Gasteiger partial charge on any atom is 0.0194 e. The van der Waals surface area contributed by atoms with Crippen LogP contribution in [0.1, 0.15) is 6.92 Å². The van der Waals surface area contributed by atoms with Gasteiger partial charge < -0.3 is 0 Å². The number of terminal acetylenes is 1. The summed E-state index contributed by atoms with van der Waals surface area (Å²) in [5.41, 5.74) is 0.847. The van der Waals surface area contributed by atoms with Gasteiger partial charge in [-0.1, -0.05) is 24.7 Å². The molecule has 0 aromatic heterocycles. The minimum atomic E-state index is 0.847. The molecule has 0 saturated carbocycles. The van der Waals surface area contributed by atoms with E-state index in [-0.39, 0.29) is 0 Å². The zero-order valence-electron chi connectivity index (χ0n) is 4.44. The highest BCUT2D eigenvalue weighted by Crippen LogP contribution is 1.88. The Kier molecular flexibility index (Phi) is 2.79. The number of rotatable bonds is 1. The van der Waals surface area contributed by atoms with Gasteiger partial charge in [0.05, 0.1) is 0 Å². The van der Waals surface area contributed by atoms with Crippen LogP contribution in [0.4, 0.5) is 0 Å². The lowest BCUT2D eigenvalue weighted by molar-refractivity contribution is 1.66. The molecule has 0 rings (SSSR count). The van der Waals surface area contributed by atoms with E-state index in [1.165, 1.54) is 0 Å². The van der Waals surface area contributed by atoms with E-state index in [9.17, 15) is 0 Å². The van der Waals surface area contributed by atoms with E-state index >= 15 is 0 Å². The molecule has 0 atom stereocenters. The van der Waals surface area contributed by atoms with E-state index in [0.717, 1.165) is 5.57 Å². The Labute approximate surface area is 44.5 Å². The summed E-state index contributed by atoms with van der Waals surface area (Å²) in [5, 5.41) is 0. The van der Waals surface area contributed by atoms with Crippen LogP contribution in [0.3, 0.4) is 0 Å².